The van der Waals surface area contributed by atoms with Crippen LogP contribution < -0.4 is 15.4 Å². The van der Waals surface area contributed by atoms with Crippen LogP contribution in [-0.2, 0) is 27.9 Å². The first-order valence-electron chi connectivity index (χ1n) is 14.9. The fourth-order valence-electron chi connectivity index (χ4n) is 5.12. The molecule has 0 bridgehead atoms. The van der Waals surface area contributed by atoms with Crippen LogP contribution in [0, 0.1) is 11.7 Å². The van der Waals surface area contributed by atoms with Crippen LogP contribution in [0.3, 0.4) is 0 Å². The van der Waals surface area contributed by atoms with Gasteiger partial charge in [-0.2, -0.15) is 18.3 Å². The van der Waals surface area contributed by atoms with Crippen molar-refractivity contribution in [2.75, 3.05) is 10.6 Å². The number of hydrogen-bond acceptors (Lipinski definition) is 6. The topological polar surface area (TPSA) is 124 Å². The Morgan fingerprint density at radius 1 is 1.06 bits per heavy atom. The molecule has 4 aromatic rings. The Bertz CT molecular complexity index is 1740. The number of carbonyl (C=O) groups excluding carboxylic acids is 2. The Morgan fingerprint density at radius 2 is 1.83 bits per heavy atom. The van der Waals surface area contributed by atoms with E-state index in [1.807, 2.05) is 26.8 Å². The third-order valence-corrected chi connectivity index (χ3v) is 9.50. The maximum atomic E-state index is 15.4. The van der Waals surface area contributed by atoms with E-state index < -0.39 is 50.9 Å². The first-order chi connectivity index (χ1) is 22.2. The van der Waals surface area contributed by atoms with E-state index in [9.17, 15) is 27.3 Å². The van der Waals surface area contributed by atoms with Crippen molar-refractivity contribution in [1.82, 2.24) is 19.5 Å². The lowest BCUT2D eigenvalue weighted by atomic mass is 9.80. The number of hydrogen-bond donors (Lipinski definition) is 3. The highest BCUT2D eigenvalue weighted by Gasteiger charge is 2.44. The van der Waals surface area contributed by atoms with E-state index in [1.54, 1.807) is 18.5 Å². The van der Waals surface area contributed by atoms with Gasteiger partial charge in [0.05, 0.1) is 11.4 Å². The summed E-state index contributed by atoms with van der Waals surface area (Å²) in [5.41, 5.74) is -1.80. The monoisotopic (exact) mass is 670 g/mol. The van der Waals surface area contributed by atoms with Crippen molar-refractivity contribution in [2.24, 2.45) is 5.92 Å². The van der Waals surface area contributed by atoms with Gasteiger partial charge in [-0.1, -0.05) is 31.0 Å². The lowest BCUT2D eigenvalue weighted by molar-refractivity contribution is -0.141. The number of alkyl halides is 3. The molecule has 0 spiro atoms. The van der Waals surface area contributed by atoms with Gasteiger partial charge >= 0.3 is 6.18 Å². The van der Waals surface area contributed by atoms with Gasteiger partial charge in [0.15, 0.2) is 5.69 Å². The van der Waals surface area contributed by atoms with Crippen molar-refractivity contribution in [3.05, 3.63) is 101 Å². The second-order valence-electron chi connectivity index (χ2n) is 12.4. The van der Waals surface area contributed by atoms with Crippen molar-refractivity contribution >= 4 is 35.1 Å². The van der Waals surface area contributed by atoms with Gasteiger partial charge in [-0.05, 0) is 87.1 Å². The van der Waals surface area contributed by atoms with Gasteiger partial charge in [0.1, 0.15) is 21.8 Å². The third-order valence-electron chi connectivity index (χ3n) is 7.86. The quantitative estimate of drug-likeness (QED) is 0.0873. The van der Waals surface area contributed by atoms with Crippen molar-refractivity contribution in [2.45, 2.75) is 62.9 Å². The first kappa shape index (κ1) is 34.1. The minimum atomic E-state index is -4.89. The Morgan fingerprint density at radius 3 is 2.47 bits per heavy atom. The number of halogens is 4. The maximum absolute atomic E-state index is 15.4. The summed E-state index contributed by atoms with van der Waals surface area (Å²) in [5.74, 6) is -1.41. The minimum Gasteiger partial charge on any atom is -0.598 e. The number of benzene rings is 2. The SMILES string of the molecule is CC(C)(C)[S@@+]([O-])NC(CCC1CC1)(c1cccnc1)c1ccc(F)c(NC(=O)c2cc(C(F)(F)F)nn2-c2cccc(NC=O)c2)c1. The normalized spacial score (nSPS) is 15.5. The zero-order valence-electron chi connectivity index (χ0n) is 25.9. The van der Waals surface area contributed by atoms with Crippen LogP contribution in [0.2, 0.25) is 0 Å². The summed E-state index contributed by atoms with van der Waals surface area (Å²) in [5, 5.41) is 8.44. The van der Waals surface area contributed by atoms with E-state index in [0.29, 0.717) is 35.9 Å². The van der Waals surface area contributed by atoms with Gasteiger partial charge in [-0.15, -0.1) is 4.72 Å². The zero-order valence-corrected chi connectivity index (χ0v) is 26.7. The summed E-state index contributed by atoms with van der Waals surface area (Å²) in [6.07, 6.45) is 2.16. The second kappa shape index (κ2) is 13.5. The minimum absolute atomic E-state index is 0.0521. The molecule has 0 saturated heterocycles. The van der Waals surface area contributed by atoms with Gasteiger partial charge in [-0.3, -0.25) is 14.6 Å². The molecule has 0 aliphatic heterocycles. The lowest BCUT2D eigenvalue weighted by Gasteiger charge is -2.38. The number of amides is 2. The highest BCUT2D eigenvalue weighted by atomic mass is 32.2. The molecule has 1 fully saturated rings. The molecule has 2 aromatic heterocycles. The molecule has 0 radical (unpaired) electrons. The summed E-state index contributed by atoms with van der Waals surface area (Å²) >= 11 is -1.59. The van der Waals surface area contributed by atoms with Crippen LogP contribution in [0.4, 0.5) is 28.9 Å². The van der Waals surface area contributed by atoms with Gasteiger partial charge in [-0.25, -0.2) is 9.07 Å². The zero-order chi connectivity index (χ0) is 34.0. The molecule has 1 aliphatic carbocycles. The van der Waals surface area contributed by atoms with Gasteiger partial charge in [0.2, 0.25) is 6.41 Å². The van der Waals surface area contributed by atoms with Crippen LogP contribution in [0.1, 0.15) is 73.8 Å². The molecule has 5 rings (SSSR count). The molecular formula is C33H34F4N6O3S. The average molecular weight is 671 g/mol. The molecule has 1 aliphatic rings. The van der Waals surface area contributed by atoms with Crippen molar-refractivity contribution in [1.29, 1.82) is 0 Å². The molecule has 47 heavy (non-hydrogen) atoms. The Hall–Kier alpha value is -4.27. The number of rotatable bonds is 12. The maximum Gasteiger partial charge on any atom is 0.435 e. The number of aromatic nitrogens is 3. The molecule has 9 nitrogen and oxygen atoms in total. The Balaban J connectivity index is 1.58. The predicted molar refractivity (Wildman–Crippen MR) is 171 cm³/mol. The van der Waals surface area contributed by atoms with Crippen LogP contribution in [0.5, 0.6) is 0 Å². The number of anilines is 2. The number of pyridine rings is 1. The van der Waals surface area contributed by atoms with E-state index in [2.05, 4.69) is 25.4 Å². The molecule has 2 heterocycles. The molecule has 1 unspecified atom stereocenters. The van der Waals surface area contributed by atoms with Crippen molar-refractivity contribution in [3.8, 4) is 5.69 Å². The average Bonchev–Trinajstić information content (AvgIpc) is 3.74. The van der Waals surface area contributed by atoms with E-state index in [0.717, 1.165) is 30.0 Å². The van der Waals surface area contributed by atoms with Crippen LogP contribution in [0.25, 0.3) is 5.69 Å². The highest BCUT2D eigenvalue weighted by Crippen LogP contribution is 2.43. The van der Waals surface area contributed by atoms with Crippen molar-refractivity contribution < 1.29 is 31.7 Å². The summed E-state index contributed by atoms with van der Waals surface area (Å²) < 4.78 is 73.7. The number of carbonyl (C=O) groups is 2. The number of nitrogens with one attached hydrogen (secondary N) is 3. The molecular weight excluding hydrogens is 636 g/mol. The van der Waals surface area contributed by atoms with Crippen LogP contribution in [0.15, 0.2) is 73.1 Å². The van der Waals surface area contributed by atoms with Crippen molar-refractivity contribution in [3.63, 3.8) is 0 Å². The molecule has 2 atom stereocenters. The summed E-state index contributed by atoms with van der Waals surface area (Å²) in [6, 6.07) is 14.0. The molecule has 1 saturated carbocycles. The molecule has 3 N–H and O–H groups in total. The largest absolute Gasteiger partial charge is 0.598 e. The standard InChI is InChI=1S/C33H34F4N6O3S/c1-31(2,3)47(46)42-32(14-13-21-9-10-21,23-6-5-15-38-19-23)22-11-12-26(34)27(16-22)40-30(45)28-18-29(33(35,36)37)41-43(28)25-8-4-7-24(17-25)39-20-44/h4-8,11-12,15-21,42H,9-10,13-14H2,1-3H3,(H,39,44)(H,40,45)/t32?,47-/m1/s1. The van der Waals surface area contributed by atoms with E-state index in [-0.39, 0.29) is 17.1 Å². The van der Waals surface area contributed by atoms with Gasteiger partial charge < -0.3 is 15.2 Å². The third kappa shape index (κ3) is 7.83. The Kier molecular flexibility index (Phi) is 9.75. The van der Waals surface area contributed by atoms with Crippen LogP contribution >= 0.6 is 0 Å². The van der Waals surface area contributed by atoms with Gasteiger partial charge in [0.25, 0.3) is 5.91 Å². The molecule has 2 aromatic carbocycles. The van der Waals surface area contributed by atoms with Crippen LogP contribution in [-0.4, -0.2) is 36.4 Å². The fourth-order valence-corrected chi connectivity index (χ4v) is 6.08. The highest BCUT2D eigenvalue weighted by molar-refractivity contribution is 7.90. The second-order valence-corrected chi connectivity index (χ2v) is 14.4. The summed E-state index contributed by atoms with van der Waals surface area (Å²) in [4.78, 5) is 28.8. The first-order valence-corrected chi connectivity index (χ1v) is 16.1. The van der Waals surface area contributed by atoms with E-state index in [1.165, 1.54) is 36.4 Å². The van der Waals surface area contributed by atoms with E-state index >= 15 is 4.39 Å². The summed E-state index contributed by atoms with van der Waals surface area (Å²) in [7, 11) is 0. The fraction of sp³-hybridized carbons (Fsp3) is 0.333. The summed E-state index contributed by atoms with van der Waals surface area (Å²) in [6.45, 7) is 5.47. The number of nitrogens with zero attached hydrogens (tertiary/aromatic N) is 3. The molecule has 14 heteroatoms. The lowest BCUT2D eigenvalue weighted by Crippen LogP contribution is -2.52. The Labute approximate surface area is 272 Å². The molecule has 2 amide bonds. The van der Waals surface area contributed by atoms with Gasteiger partial charge in [0, 0.05) is 35.5 Å². The van der Waals surface area contributed by atoms with E-state index in [4.69, 9.17) is 0 Å². The smallest absolute Gasteiger partial charge is 0.435 e. The molecule has 248 valence electrons. The predicted octanol–water partition coefficient (Wildman–Crippen LogP) is 6.73.